The topological polar surface area (TPSA) is 74.4 Å². The Balaban J connectivity index is 1.73. The second-order valence-corrected chi connectivity index (χ2v) is 7.57. The van der Waals surface area contributed by atoms with E-state index in [9.17, 15) is 4.79 Å². The highest BCUT2D eigenvalue weighted by molar-refractivity contribution is 8.01. The third-order valence-corrected chi connectivity index (χ3v) is 5.35. The van der Waals surface area contributed by atoms with Gasteiger partial charge in [0.25, 0.3) is 0 Å². The molecule has 0 saturated heterocycles. The van der Waals surface area contributed by atoms with Gasteiger partial charge in [0.15, 0.2) is 4.34 Å². The molecular formula is C17H22N2O3S2. The highest BCUT2D eigenvalue weighted by Crippen LogP contribution is 2.27. The van der Waals surface area contributed by atoms with E-state index in [-0.39, 0.29) is 12.3 Å². The van der Waals surface area contributed by atoms with Crippen LogP contribution in [0.2, 0.25) is 0 Å². The molecule has 5 nitrogen and oxygen atoms in total. The summed E-state index contributed by atoms with van der Waals surface area (Å²) in [6.45, 7) is 5.29. The molecule has 2 N–H and O–H groups in total. The van der Waals surface area contributed by atoms with Gasteiger partial charge < -0.3 is 15.2 Å². The van der Waals surface area contributed by atoms with Gasteiger partial charge in [-0.1, -0.05) is 18.7 Å². The van der Waals surface area contributed by atoms with E-state index in [0.717, 1.165) is 45.2 Å². The van der Waals surface area contributed by atoms with Crippen LogP contribution in [0.25, 0.3) is 0 Å². The maximum Gasteiger partial charge on any atom is 0.222 e. The molecule has 1 aromatic carbocycles. The fourth-order valence-electron chi connectivity index (χ4n) is 1.93. The lowest BCUT2D eigenvalue weighted by atomic mass is 10.3. The Hall–Kier alpha value is -1.73. The first-order valence-electron chi connectivity index (χ1n) is 7.81. The molecule has 0 aliphatic rings. The summed E-state index contributed by atoms with van der Waals surface area (Å²) < 4.78 is 12.2. The summed E-state index contributed by atoms with van der Waals surface area (Å²) in [6, 6.07) is 7.65. The van der Waals surface area contributed by atoms with E-state index in [1.807, 2.05) is 31.2 Å². The molecule has 1 amide bonds. The van der Waals surface area contributed by atoms with Crippen LogP contribution in [0.1, 0.15) is 23.9 Å². The summed E-state index contributed by atoms with van der Waals surface area (Å²) in [6.07, 6.45) is 1.25. The average molecular weight is 367 g/mol. The van der Waals surface area contributed by atoms with Crippen LogP contribution < -0.4 is 15.2 Å². The number of nitrogens with two attached hydrogens (primary N) is 1. The van der Waals surface area contributed by atoms with Gasteiger partial charge in [0, 0.05) is 10.6 Å². The third kappa shape index (κ3) is 6.05. The van der Waals surface area contributed by atoms with Crippen LogP contribution in [0.4, 0.5) is 0 Å². The second kappa shape index (κ2) is 9.54. The van der Waals surface area contributed by atoms with Gasteiger partial charge in [-0.05, 0) is 37.6 Å². The molecule has 0 spiro atoms. The molecule has 0 fully saturated rings. The zero-order valence-electron chi connectivity index (χ0n) is 13.9. The Morgan fingerprint density at radius 1 is 1.21 bits per heavy atom. The van der Waals surface area contributed by atoms with E-state index in [1.165, 1.54) is 11.3 Å². The minimum absolute atomic E-state index is 0.257. The smallest absolute Gasteiger partial charge is 0.222 e. The first-order valence-corrected chi connectivity index (χ1v) is 9.61. The third-order valence-electron chi connectivity index (χ3n) is 3.08. The van der Waals surface area contributed by atoms with Crippen molar-refractivity contribution in [3.05, 3.63) is 34.8 Å². The number of thiazole rings is 1. The molecule has 0 bridgehead atoms. The van der Waals surface area contributed by atoms with Crippen molar-refractivity contribution in [3.8, 4) is 11.5 Å². The van der Waals surface area contributed by atoms with E-state index < -0.39 is 0 Å². The number of benzene rings is 1. The number of hydrogen-bond acceptors (Lipinski definition) is 6. The number of rotatable bonds is 10. The van der Waals surface area contributed by atoms with Gasteiger partial charge >= 0.3 is 0 Å². The van der Waals surface area contributed by atoms with Crippen LogP contribution in [-0.4, -0.2) is 29.9 Å². The Morgan fingerprint density at radius 2 is 1.83 bits per heavy atom. The van der Waals surface area contributed by atoms with Crippen molar-refractivity contribution in [1.29, 1.82) is 0 Å². The molecule has 0 aliphatic carbocycles. The van der Waals surface area contributed by atoms with Crippen molar-refractivity contribution < 1.29 is 14.3 Å². The maximum atomic E-state index is 11.0. The van der Waals surface area contributed by atoms with Crippen LogP contribution >= 0.6 is 23.1 Å². The molecule has 1 aromatic heterocycles. The molecule has 130 valence electrons. The molecule has 7 heteroatoms. The predicted molar refractivity (Wildman–Crippen MR) is 98.2 cm³/mol. The number of ether oxygens (including phenoxy) is 2. The predicted octanol–water partition coefficient (Wildman–Crippen LogP) is 3.44. The monoisotopic (exact) mass is 366 g/mol. The summed E-state index contributed by atoms with van der Waals surface area (Å²) in [7, 11) is 0. The molecule has 2 aromatic rings. The Bertz CT molecular complexity index is 656. The van der Waals surface area contributed by atoms with Gasteiger partial charge in [-0.15, -0.1) is 11.3 Å². The molecule has 0 atom stereocenters. The van der Waals surface area contributed by atoms with Gasteiger partial charge in [-0.25, -0.2) is 4.98 Å². The number of carbonyl (C=O) groups excluding carboxylic acids is 1. The van der Waals surface area contributed by atoms with Crippen LogP contribution in [0.5, 0.6) is 11.5 Å². The van der Waals surface area contributed by atoms with Crippen LogP contribution in [0.3, 0.4) is 0 Å². The number of aryl methyl sites for hydroxylation is 1. The highest BCUT2D eigenvalue weighted by Gasteiger charge is 2.10. The largest absolute Gasteiger partial charge is 0.494 e. The van der Waals surface area contributed by atoms with Crippen LogP contribution in [0.15, 0.2) is 28.6 Å². The van der Waals surface area contributed by atoms with Gasteiger partial charge in [0.2, 0.25) is 5.91 Å². The summed E-state index contributed by atoms with van der Waals surface area (Å²) in [5, 5.41) is 0. The molecule has 0 unspecified atom stereocenters. The quantitative estimate of drug-likeness (QED) is 0.515. The van der Waals surface area contributed by atoms with E-state index >= 15 is 0 Å². The van der Waals surface area contributed by atoms with Crippen molar-refractivity contribution in [2.24, 2.45) is 5.73 Å². The molecule has 24 heavy (non-hydrogen) atoms. The minimum Gasteiger partial charge on any atom is -0.494 e. The SMILES string of the molecule is CCCOc1ccc(OCCSc2nc(C)c(CC(N)=O)s2)cc1. The molecule has 0 radical (unpaired) electrons. The first-order chi connectivity index (χ1) is 11.6. The first kappa shape index (κ1) is 18.6. The lowest BCUT2D eigenvalue weighted by molar-refractivity contribution is -0.117. The maximum absolute atomic E-state index is 11.0. The second-order valence-electron chi connectivity index (χ2n) is 5.15. The standard InChI is InChI=1S/C17H22N2O3S2/c1-3-8-21-13-4-6-14(7-5-13)22-9-10-23-17-19-12(2)15(24-17)11-16(18)20/h4-7H,3,8-11H2,1-2H3,(H2,18,20). The summed E-state index contributed by atoms with van der Waals surface area (Å²) in [4.78, 5) is 16.4. The summed E-state index contributed by atoms with van der Waals surface area (Å²) in [5.41, 5.74) is 6.11. The summed E-state index contributed by atoms with van der Waals surface area (Å²) >= 11 is 3.14. The van der Waals surface area contributed by atoms with E-state index in [2.05, 4.69) is 11.9 Å². The molecular weight excluding hydrogens is 344 g/mol. The van der Waals surface area contributed by atoms with Crippen molar-refractivity contribution in [3.63, 3.8) is 0 Å². The number of primary amides is 1. The van der Waals surface area contributed by atoms with Crippen LogP contribution in [0, 0.1) is 6.92 Å². The van der Waals surface area contributed by atoms with E-state index in [1.54, 1.807) is 11.8 Å². The Kier molecular flexibility index (Phi) is 7.39. The minimum atomic E-state index is -0.326. The highest BCUT2D eigenvalue weighted by atomic mass is 32.2. The van der Waals surface area contributed by atoms with E-state index in [4.69, 9.17) is 15.2 Å². The average Bonchev–Trinajstić information content (AvgIpc) is 2.90. The normalized spacial score (nSPS) is 10.6. The Labute approximate surface area is 150 Å². The fourth-order valence-corrected chi connectivity index (χ4v) is 4.06. The fraction of sp³-hybridized carbons (Fsp3) is 0.412. The molecule has 0 saturated carbocycles. The van der Waals surface area contributed by atoms with Crippen molar-refractivity contribution in [2.45, 2.75) is 31.0 Å². The number of carbonyl (C=O) groups is 1. The van der Waals surface area contributed by atoms with E-state index in [0.29, 0.717) is 6.61 Å². The van der Waals surface area contributed by atoms with Crippen molar-refractivity contribution in [1.82, 2.24) is 4.98 Å². The van der Waals surface area contributed by atoms with Crippen molar-refractivity contribution in [2.75, 3.05) is 19.0 Å². The van der Waals surface area contributed by atoms with Gasteiger partial charge in [0.05, 0.1) is 25.3 Å². The number of thioether (sulfide) groups is 1. The lowest BCUT2D eigenvalue weighted by Gasteiger charge is -2.07. The zero-order chi connectivity index (χ0) is 17.4. The number of aromatic nitrogens is 1. The van der Waals surface area contributed by atoms with Gasteiger partial charge in [-0.2, -0.15) is 0 Å². The lowest BCUT2D eigenvalue weighted by Crippen LogP contribution is -2.13. The number of nitrogens with zero attached hydrogens (tertiary/aromatic N) is 1. The van der Waals surface area contributed by atoms with Crippen molar-refractivity contribution >= 4 is 29.0 Å². The zero-order valence-corrected chi connectivity index (χ0v) is 15.5. The number of hydrogen-bond donors (Lipinski definition) is 1. The molecule has 1 heterocycles. The number of amides is 1. The Morgan fingerprint density at radius 3 is 2.42 bits per heavy atom. The van der Waals surface area contributed by atoms with Gasteiger partial charge in [-0.3, -0.25) is 4.79 Å². The summed E-state index contributed by atoms with van der Waals surface area (Å²) in [5.74, 6) is 2.15. The molecule has 0 aliphatic heterocycles. The van der Waals surface area contributed by atoms with Gasteiger partial charge in [0.1, 0.15) is 11.5 Å². The van der Waals surface area contributed by atoms with Crippen LogP contribution in [-0.2, 0) is 11.2 Å². The molecule has 2 rings (SSSR count).